The molecule has 1 N–H and O–H groups in total. The fourth-order valence-electron chi connectivity index (χ4n) is 0.227. The molecule has 0 saturated carbocycles. The molecule has 29 valence electrons. The van der Waals surface area contributed by atoms with E-state index < -0.39 is 0 Å². The van der Waals surface area contributed by atoms with Gasteiger partial charge in [-0.05, 0) is 0 Å². The van der Waals surface area contributed by atoms with E-state index in [-0.39, 0.29) is 57.3 Å². The molecule has 1 radical (unpaired) electrons. The number of carbonyl (C=O) groups is 1. The molecule has 1 rings (SSSR count). The van der Waals surface area contributed by atoms with Crippen molar-refractivity contribution in [3.63, 3.8) is 0 Å². The van der Waals surface area contributed by atoms with E-state index in [4.69, 9.17) is 0 Å². The second-order valence-electron chi connectivity index (χ2n) is 1.10. The summed E-state index contributed by atoms with van der Waals surface area (Å²) in [5.74, 6) is 0.185. The SMILES string of the molecule is O=C1CCN1.[K]. The summed E-state index contributed by atoms with van der Waals surface area (Å²) in [6, 6.07) is 0. The van der Waals surface area contributed by atoms with Crippen LogP contribution in [0.1, 0.15) is 6.42 Å². The first kappa shape index (κ1) is 7.11. The number of β-lactam (4-membered cyclic amide) rings is 1. The van der Waals surface area contributed by atoms with Crippen LogP contribution in [0.25, 0.3) is 0 Å². The molecule has 1 heterocycles. The van der Waals surface area contributed by atoms with Crippen LogP contribution in [0.2, 0.25) is 0 Å². The standard InChI is InChI=1S/C3H5NO.K/c5-3-1-2-4-3;/h1-2H2,(H,4,5);. The Morgan fingerprint density at radius 1 is 1.67 bits per heavy atom. The summed E-state index contributed by atoms with van der Waals surface area (Å²) in [7, 11) is 0. The number of hydrogen-bond acceptors (Lipinski definition) is 1. The van der Waals surface area contributed by atoms with Gasteiger partial charge in [-0.1, -0.05) is 0 Å². The number of carbonyl (C=O) groups excluding carboxylic acids is 1. The molecule has 0 unspecified atom stereocenters. The Morgan fingerprint density at radius 3 is 2.00 bits per heavy atom. The van der Waals surface area contributed by atoms with Crippen LogP contribution in [0.3, 0.4) is 0 Å². The molecule has 1 aliphatic heterocycles. The average molecular weight is 110 g/mol. The van der Waals surface area contributed by atoms with Gasteiger partial charge >= 0.3 is 0 Å². The molecule has 6 heavy (non-hydrogen) atoms. The molecule has 0 bridgehead atoms. The Bertz CT molecular complexity index is 57.8. The van der Waals surface area contributed by atoms with Crippen LogP contribution in [0.15, 0.2) is 0 Å². The van der Waals surface area contributed by atoms with Crippen molar-refractivity contribution >= 4 is 57.3 Å². The molecule has 0 atom stereocenters. The third kappa shape index (κ3) is 1.71. The minimum atomic E-state index is 0. The molecule has 0 aromatic carbocycles. The van der Waals surface area contributed by atoms with Gasteiger partial charge in [-0.25, -0.2) is 0 Å². The Labute approximate surface area is 79.1 Å². The summed E-state index contributed by atoms with van der Waals surface area (Å²) >= 11 is 0. The molecule has 0 aromatic heterocycles. The largest absolute Gasteiger partial charge is 0.356 e. The smallest absolute Gasteiger partial charge is 0.221 e. The molecule has 0 spiro atoms. The van der Waals surface area contributed by atoms with Crippen molar-refractivity contribution in [3.05, 3.63) is 0 Å². The summed E-state index contributed by atoms with van der Waals surface area (Å²) in [6.45, 7) is 0.888. The maximum absolute atomic E-state index is 9.79. The van der Waals surface area contributed by atoms with E-state index in [0.717, 1.165) is 13.0 Å². The predicted molar refractivity (Wildman–Crippen MR) is 23.4 cm³/mol. The molecule has 1 saturated heterocycles. The fourth-order valence-corrected chi connectivity index (χ4v) is 0.227. The average Bonchev–Trinajstić information content (AvgIpc) is 1.30. The monoisotopic (exact) mass is 110 g/mol. The quantitative estimate of drug-likeness (QED) is 0.318. The fraction of sp³-hybridized carbons (Fsp3) is 0.667. The molecule has 1 fully saturated rings. The Hall–Kier alpha value is 1.11. The number of hydrogen-bond donors (Lipinski definition) is 1. The van der Waals surface area contributed by atoms with Crippen LogP contribution in [-0.2, 0) is 4.79 Å². The normalized spacial score (nSPS) is 17.0. The summed E-state index contributed by atoms with van der Waals surface area (Å²) in [4.78, 5) is 9.79. The minimum Gasteiger partial charge on any atom is -0.356 e. The van der Waals surface area contributed by atoms with E-state index >= 15 is 0 Å². The van der Waals surface area contributed by atoms with E-state index in [1.165, 1.54) is 0 Å². The van der Waals surface area contributed by atoms with Gasteiger partial charge in [0.2, 0.25) is 5.91 Å². The van der Waals surface area contributed by atoms with Gasteiger partial charge in [-0.2, -0.15) is 0 Å². The first-order chi connectivity index (χ1) is 2.39. The van der Waals surface area contributed by atoms with Crippen molar-refractivity contribution in [3.8, 4) is 0 Å². The van der Waals surface area contributed by atoms with Crippen molar-refractivity contribution < 1.29 is 4.79 Å². The van der Waals surface area contributed by atoms with Gasteiger partial charge in [0.25, 0.3) is 0 Å². The van der Waals surface area contributed by atoms with Gasteiger partial charge in [0.15, 0.2) is 0 Å². The van der Waals surface area contributed by atoms with Crippen LogP contribution < -0.4 is 5.32 Å². The zero-order chi connectivity index (χ0) is 3.70. The van der Waals surface area contributed by atoms with E-state index in [1.54, 1.807) is 0 Å². The maximum Gasteiger partial charge on any atom is 0.221 e. The summed E-state index contributed by atoms with van der Waals surface area (Å²) < 4.78 is 0. The molecular weight excluding hydrogens is 105 g/mol. The number of amides is 1. The molecule has 1 aliphatic rings. The second kappa shape index (κ2) is 3.15. The molecule has 1 amide bonds. The molecule has 0 aromatic rings. The molecular formula is C3H5KNO. The van der Waals surface area contributed by atoms with Crippen LogP contribution in [0.5, 0.6) is 0 Å². The van der Waals surface area contributed by atoms with Gasteiger partial charge < -0.3 is 5.32 Å². The van der Waals surface area contributed by atoms with E-state index in [9.17, 15) is 4.79 Å². The van der Waals surface area contributed by atoms with E-state index in [1.807, 2.05) is 0 Å². The van der Waals surface area contributed by atoms with Gasteiger partial charge in [-0.3, -0.25) is 4.79 Å². The first-order valence-corrected chi connectivity index (χ1v) is 1.66. The van der Waals surface area contributed by atoms with Crippen molar-refractivity contribution in [1.29, 1.82) is 0 Å². The van der Waals surface area contributed by atoms with E-state index in [0.29, 0.717) is 0 Å². The first-order valence-electron chi connectivity index (χ1n) is 1.66. The maximum atomic E-state index is 9.79. The Kier molecular flexibility index (Phi) is 3.73. The minimum absolute atomic E-state index is 0. The van der Waals surface area contributed by atoms with Crippen molar-refractivity contribution in [2.24, 2.45) is 0 Å². The van der Waals surface area contributed by atoms with E-state index in [2.05, 4.69) is 5.32 Å². The van der Waals surface area contributed by atoms with Gasteiger partial charge in [0.1, 0.15) is 0 Å². The van der Waals surface area contributed by atoms with Gasteiger partial charge in [0.05, 0.1) is 0 Å². The Balaban J connectivity index is 0.000000250. The van der Waals surface area contributed by atoms with Crippen molar-refractivity contribution in [1.82, 2.24) is 5.32 Å². The predicted octanol–water partition coefficient (Wildman–Crippen LogP) is -0.875. The summed E-state index contributed by atoms with van der Waals surface area (Å²) in [5, 5.41) is 2.57. The van der Waals surface area contributed by atoms with Crippen LogP contribution >= 0.6 is 0 Å². The zero-order valence-electron chi connectivity index (χ0n) is 3.82. The summed E-state index contributed by atoms with van der Waals surface area (Å²) in [5.41, 5.74) is 0. The zero-order valence-corrected chi connectivity index (χ0v) is 6.95. The van der Waals surface area contributed by atoms with Crippen LogP contribution in [0.4, 0.5) is 0 Å². The van der Waals surface area contributed by atoms with Crippen molar-refractivity contribution in [2.45, 2.75) is 6.42 Å². The third-order valence-corrected chi connectivity index (χ3v) is 0.674. The second-order valence-corrected chi connectivity index (χ2v) is 1.10. The summed E-state index contributed by atoms with van der Waals surface area (Å²) in [6.07, 6.45) is 0.736. The molecule has 3 heteroatoms. The number of nitrogens with one attached hydrogen (secondary N) is 1. The molecule has 0 aliphatic carbocycles. The Morgan fingerprint density at radius 2 is 2.00 bits per heavy atom. The van der Waals surface area contributed by atoms with Gasteiger partial charge in [0, 0.05) is 64.4 Å². The van der Waals surface area contributed by atoms with Crippen LogP contribution in [0, 0.1) is 0 Å². The topological polar surface area (TPSA) is 29.1 Å². The van der Waals surface area contributed by atoms with Crippen LogP contribution in [-0.4, -0.2) is 63.8 Å². The number of rotatable bonds is 0. The molecule has 2 nitrogen and oxygen atoms in total. The van der Waals surface area contributed by atoms with Crippen molar-refractivity contribution in [2.75, 3.05) is 6.54 Å². The van der Waals surface area contributed by atoms with Gasteiger partial charge in [-0.15, -0.1) is 0 Å². The third-order valence-electron chi connectivity index (χ3n) is 0.674.